The second kappa shape index (κ2) is 7.32. The van der Waals surface area contributed by atoms with Crippen molar-refractivity contribution in [2.45, 2.75) is 27.0 Å². The molecule has 1 aromatic heterocycles. The lowest BCUT2D eigenvalue weighted by Crippen LogP contribution is -2.10. The Labute approximate surface area is 133 Å². The molecule has 0 aliphatic rings. The molecule has 0 atom stereocenters. The molecule has 0 aliphatic heterocycles. The summed E-state index contributed by atoms with van der Waals surface area (Å²) in [6.07, 6.45) is 0. The zero-order valence-electron chi connectivity index (χ0n) is 11.5. The Morgan fingerprint density at radius 2 is 2.00 bits per heavy atom. The number of nitrogens with one attached hydrogen (secondary N) is 1. The third-order valence-corrected chi connectivity index (χ3v) is 4.74. The van der Waals surface area contributed by atoms with E-state index in [2.05, 4.69) is 25.2 Å². The zero-order chi connectivity index (χ0) is 14.5. The summed E-state index contributed by atoms with van der Waals surface area (Å²) >= 11 is 13.7. The summed E-state index contributed by atoms with van der Waals surface area (Å²) in [5.41, 5.74) is 1.22. The summed E-state index contributed by atoms with van der Waals surface area (Å²) in [4.78, 5) is 2.62. The normalized spacial score (nSPS) is 10.8. The van der Waals surface area contributed by atoms with Crippen molar-refractivity contribution in [2.75, 3.05) is 6.54 Å². The fourth-order valence-corrected chi connectivity index (χ4v) is 3.10. The van der Waals surface area contributed by atoms with Crippen molar-refractivity contribution in [1.82, 2.24) is 5.32 Å². The molecule has 0 bridgehead atoms. The molecule has 1 heterocycles. The van der Waals surface area contributed by atoms with Crippen molar-refractivity contribution in [3.63, 3.8) is 0 Å². The van der Waals surface area contributed by atoms with E-state index in [1.807, 2.05) is 6.07 Å². The van der Waals surface area contributed by atoms with Crippen molar-refractivity contribution in [3.8, 4) is 5.75 Å². The van der Waals surface area contributed by atoms with Crippen molar-refractivity contribution < 1.29 is 4.74 Å². The number of hydrogen-bond donors (Lipinski definition) is 1. The summed E-state index contributed by atoms with van der Waals surface area (Å²) < 4.78 is 5.77. The van der Waals surface area contributed by atoms with Gasteiger partial charge in [-0.1, -0.05) is 30.1 Å². The van der Waals surface area contributed by atoms with Crippen LogP contribution in [0.2, 0.25) is 10.0 Å². The molecule has 5 heteroatoms. The highest BCUT2D eigenvalue weighted by atomic mass is 35.5. The van der Waals surface area contributed by atoms with Crippen molar-refractivity contribution in [3.05, 3.63) is 49.6 Å². The summed E-state index contributed by atoms with van der Waals surface area (Å²) in [5, 5.41) is 4.38. The average Bonchev–Trinajstić information content (AvgIpc) is 2.78. The van der Waals surface area contributed by atoms with Gasteiger partial charge in [0.05, 0.1) is 10.0 Å². The molecule has 0 unspecified atom stereocenters. The van der Waals surface area contributed by atoms with Gasteiger partial charge in [-0.05, 0) is 31.7 Å². The lowest BCUT2D eigenvalue weighted by molar-refractivity contribution is 0.306. The maximum atomic E-state index is 5.97. The minimum Gasteiger partial charge on any atom is -0.489 e. The van der Waals surface area contributed by atoms with E-state index in [9.17, 15) is 0 Å². The minimum absolute atomic E-state index is 0.513. The topological polar surface area (TPSA) is 21.3 Å². The highest BCUT2D eigenvalue weighted by molar-refractivity contribution is 7.12. The zero-order valence-corrected chi connectivity index (χ0v) is 13.8. The molecule has 1 N–H and O–H groups in total. The van der Waals surface area contributed by atoms with Gasteiger partial charge in [-0.2, -0.15) is 0 Å². The maximum Gasteiger partial charge on any atom is 0.121 e. The van der Waals surface area contributed by atoms with E-state index in [0.717, 1.165) is 18.8 Å². The van der Waals surface area contributed by atoms with Crippen LogP contribution in [0.3, 0.4) is 0 Å². The fourth-order valence-electron chi connectivity index (χ4n) is 1.79. The second-order valence-corrected chi connectivity index (χ2v) is 6.59. The van der Waals surface area contributed by atoms with Gasteiger partial charge in [0.2, 0.25) is 0 Å². The Bertz CT molecular complexity index is 583. The summed E-state index contributed by atoms with van der Waals surface area (Å²) in [7, 11) is 0. The van der Waals surface area contributed by atoms with Crippen molar-refractivity contribution in [2.24, 2.45) is 0 Å². The number of ether oxygens (including phenoxy) is 1. The summed E-state index contributed by atoms with van der Waals surface area (Å²) in [5.74, 6) is 0.734. The molecule has 108 valence electrons. The van der Waals surface area contributed by atoms with Crippen LogP contribution in [0.1, 0.15) is 22.2 Å². The van der Waals surface area contributed by atoms with Crippen LogP contribution < -0.4 is 10.1 Å². The molecule has 2 rings (SSSR count). The molecule has 2 nitrogen and oxygen atoms in total. The van der Waals surface area contributed by atoms with E-state index >= 15 is 0 Å². The largest absolute Gasteiger partial charge is 0.489 e. The number of rotatable bonds is 6. The van der Waals surface area contributed by atoms with Crippen molar-refractivity contribution >= 4 is 34.5 Å². The van der Waals surface area contributed by atoms with E-state index < -0.39 is 0 Å². The highest BCUT2D eigenvalue weighted by Crippen LogP contribution is 2.28. The van der Waals surface area contributed by atoms with E-state index in [1.165, 1.54) is 15.3 Å². The number of aryl methyl sites for hydroxylation is 1. The summed E-state index contributed by atoms with van der Waals surface area (Å²) in [6.45, 7) is 6.66. The SMILES string of the molecule is CCNCc1cc(COc2ccc(Cl)c(Cl)c2)c(C)s1. The van der Waals surface area contributed by atoms with Gasteiger partial charge in [-0.3, -0.25) is 0 Å². The lowest BCUT2D eigenvalue weighted by atomic mass is 10.2. The average molecular weight is 330 g/mol. The number of halogens is 2. The Hall–Kier alpha value is -0.740. The molecule has 0 spiro atoms. The van der Waals surface area contributed by atoms with Crippen LogP contribution in [-0.2, 0) is 13.2 Å². The predicted molar refractivity (Wildman–Crippen MR) is 87.2 cm³/mol. The van der Waals surface area contributed by atoms with E-state index in [0.29, 0.717) is 16.7 Å². The molecule has 0 fully saturated rings. The number of thiophene rings is 1. The highest BCUT2D eigenvalue weighted by Gasteiger charge is 2.07. The van der Waals surface area contributed by atoms with Gasteiger partial charge < -0.3 is 10.1 Å². The molecular formula is C15H17Cl2NOS. The minimum atomic E-state index is 0.513. The van der Waals surface area contributed by atoms with Crippen LogP contribution in [0.4, 0.5) is 0 Å². The van der Waals surface area contributed by atoms with Gasteiger partial charge >= 0.3 is 0 Å². The van der Waals surface area contributed by atoms with Crippen LogP contribution in [0, 0.1) is 6.92 Å². The third kappa shape index (κ3) is 4.13. The van der Waals surface area contributed by atoms with Crippen LogP contribution in [-0.4, -0.2) is 6.54 Å². The molecule has 20 heavy (non-hydrogen) atoms. The number of benzene rings is 1. The second-order valence-electron chi connectivity index (χ2n) is 4.44. The lowest BCUT2D eigenvalue weighted by Gasteiger charge is -2.06. The molecule has 0 saturated heterocycles. The first-order chi connectivity index (χ1) is 9.60. The van der Waals surface area contributed by atoms with Crippen LogP contribution in [0.5, 0.6) is 5.75 Å². The molecule has 2 aromatic rings. The van der Waals surface area contributed by atoms with Crippen LogP contribution >= 0.6 is 34.5 Å². The third-order valence-electron chi connectivity index (χ3n) is 2.91. The Morgan fingerprint density at radius 3 is 2.70 bits per heavy atom. The van der Waals surface area contributed by atoms with Gasteiger partial charge in [-0.15, -0.1) is 11.3 Å². The first kappa shape index (κ1) is 15.6. The smallest absolute Gasteiger partial charge is 0.121 e. The maximum absolute atomic E-state index is 5.97. The Kier molecular flexibility index (Phi) is 5.73. The van der Waals surface area contributed by atoms with Crippen LogP contribution in [0.15, 0.2) is 24.3 Å². The molecule has 0 radical (unpaired) electrons. The number of hydrogen-bond acceptors (Lipinski definition) is 3. The molecule has 0 amide bonds. The first-order valence-corrected chi connectivity index (χ1v) is 8.04. The van der Waals surface area contributed by atoms with Gasteiger partial charge in [-0.25, -0.2) is 0 Å². The molecule has 1 aromatic carbocycles. The van der Waals surface area contributed by atoms with Gasteiger partial charge in [0, 0.05) is 27.9 Å². The van der Waals surface area contributed by atoms with Gasteiger partial charge in [0.15, 0.2) is 0 Å². The molecular weight excluding hydrogens is 313 g/mol. The predicted octanol–water partition coefficient (Wildman–Crippen LogP) is 5.05. The Balaban J connectivity index is 1.99. The molecule has 0 aliphatic carbocycles. The standard InChI is InChI=1S/C15H17Cl2NOS/c1-3-18-8-13-6-11(10(2)20-13)9-19-12-4-5-14(16)15(17)7-12/h4-7,18H,3,8-9H2,1-2H3. The van der Waals surface area contributed by atoms with Gasteiger partial charge in [0.25, 0.3) is 0 Å². The van der Waals surface area contributed by atoms with E-state index in [-0.39, 0.29) is 0 Å². The quantitative estimate of drug-likeness (QED) is 0.800. The molecule has 0 saturated carbocycles. The fraction of sp³-hybridized carbons (Fsp3) is 0.333. The van der Waals surface area contributed by atoms with Gasteiger partial charge in [0.1, 0.15) is 12.4 Å². The Morgan fingerprint density at radius 1 is 1.20 bits per heavy atom. The van der Waals surface area contributed by atoms with Crippen molar-refractivity contribution in [1.29, 1.82) is 0 Å². The van der Waals surface area contributed by atoms with E-state index in [1.54, 1.807) is 23.5 Å². The monoisotopic (exact) mass is 329 g/mol. The summed E-state index contributed by atoms with van der Waals surface area (Å²) in [6, 6.07) is 7.51. The first-order valence-electron chi connectivity index (χ1n) is 6.47. The van der Waals surface area contributed by atoms with E-state index in [4.69, 9.17) is 27.9 Å². The van der Waals surface area contributed by atoms with Crippen LogP contribution in [0.25, 0.3) is 0 Å².